The molecule has 5 heteroatoms. The van der Waals surface area contributed by atoms with Crippen molar-refractivity contribution in [2.45, 2.75) is 19.1 Å². The molecule has 1 unspecified atom stereocenters. The van der Waals surface area contributed by atoms with E-state index in [1.165, 1.54) is 0 Å². The Labute approximate surface area is 105 Å². The topological polar surface area (TPSA) is 61.4 Å². The highest BCUT2D eigenvalue weighted by molar-refractivity contribution is 6.18. The molecule has 4 nitrogen and oxygen atoms in total. The molecular formula is C12H15ClN2O2. The van der Waals surface area contributed by atoms with Crippen LogP contribution in [0.4, 0.5) is 5.69 Å². The molecule has 0 spiro atoms. The van der Waals surface area contributed by atoms with Gasteiger partial charge in [-0.15, -0.1) is 11.6 Å². The maximum atomic E-state index is 11.2. The van der Waals surface area contributed by atoms with E-state index in [9.17, 15) is 9.90 Å². The molecule has 1 heterocycles. The number of amides is 1. The highest BCUT2D eigenvalue weighted by Gasteiger charge is 2.14. The van der Waals surface area contributed by atoms with Gasteiger partial charge in [0.2, 0.25) is 5.91 Å². The van der Waals surface area contributed by atoms with Gasteiger partial charge in [0.05, 0.1) is 18.4 Å². The summed E-state index contributed by atoms with van der Waals surface area (Å²) < 4.78 is 0. The lowest BCUT2D eigenvalue weighted by molar-refractivity contribution is -0.121. The van der Waals surface area contributed by atoms with Crippen molar-refractivity contribution in [2.75, 3.05) is 17.7 Å². The van der Waals surface area contributed by atoms with E-state index < -0.39 is 6.10 Å². The Morgan fingerprint density at radius 3 is 3.06 bits per heavy atom. The third kappa shape index (κ3) is 3.11. The average Bonchev–Trinajstić information content (AvgIpc) is 2.35. The first-order valence-electron chi connectivity index (χ1n) is 5.55. The highest BCUT2D eigenvalue weighted by atomic mass is 35.5. The van der Waals surface area contributed by atoms with Crippen LogP contribution in [0.5, 0.6) is 0 Å². The van der Waals surface area contributed by atoms with Crippen molar-refractivity contribution < 1.29 is 9.90 Å². The summed E-state index contributed by atoms with van der Waals surface area (Å²) in [6.45, 7) is 0.996. The van der Waals surface area contributed by atoms with Crippen LogP contribution in [0.25, 0.3) is 0 Å². The van der Waals surface area contributed by atoms with Crippen LogP contribution in [0.2, 0.25) is 0 Å². The number of rotatable bonds is 4. The van der Waals surface area contributed by atoms with Crippen LogP contribution in [0, 0.1) is 0 Å². The van der Waals surface area contributed by atoms with Crippen molar-refractivity contribution >= 4 is 23.2 Å². The van der Waals surface area contributed by atoms with E-state index in [0.717, 1.165) is 16.8 Å². The Morgan fingerprint density at radius 1 is 1.47 bits per heavy atom. The monoisotopic (exact) mass is 254 g/mol. The summed E-state index contributed by atoms with van der Waals surface area (Å²) in [5.41, 5.74) is 3.12. The minimum Gasteiger partial charge on any atom is -0.390 e. The molecule has 2 rings (SSSR count). The van der Waals surface area contributed by atoms with Gasteiger partial charge < -0.3 is 15.7 Å². The molecule has 0 saturated heterocycles. The van der Waals surface area contributed by atoms with Crippen LogP contribution < -0.4 is 10.6 Å². The van der Waals surface area contributed by atoms with Crippen LogP contribution in [0.15, 0.2) is 18.2 Å². The van der Waals surface area contributed by atoms with Gasteiger partial charge in [0.1, 0.15) is 0 Å². The number of hydrogen-bond acceptors (Lipinski definition) is 3. The van der Waals surface area contributed by atoms with Gasteiger partial charge in [0.15, 0.2) is 0 Å². The van der Waals surface area contributed by atoms with Crippen LogP contribution in [0.3, 0.4) is 0 Å². The molecule has 0 saturated carbocycles. The SMILES string of the molecule is O=C1Cc2ccc(NCC(O)CCl)cc2CN1. The third-order valence-corrected chi connectivity index (χ3v) is 3.11. The van der Waals surface area contributed by atoms with E-state index in [1.54, 1.807) is 0 Å². The van der Waals surface area contributed by atoms with Gasteiger partial charge in [-0.1, -0.05) is 6.07 Å². The Bertz CT molecular complexity index is 423. The molecule has 1 aromatic rings. The maximum Gasteiger partial charge on any atom is 0.224 e. The van der Waals surface area contributed by atoms with Gasteiger partial charge >= 0.3 is 0 Å². The largest absolute Gasteiger partial charge is 0.390 e. The predicted octanol–water partition coefficient (Wildman–Crippen LogP) is 0.870. The van der Waals surface area contributed by atoms with Gasteiger partial charge in [-0.05, 0) is 23.3 Å². The summed E-state index contributed by atoms with van der Waals surface area (Å²) in [7, 11) is 0. The minimum atomic E-state index is -0.549. The molecule has 1 atom stereocenters. The average molecular weight is 255 g/mol. The predicted molar refractivity (Wildman–Crippen MR) is 67.2 cm³/mol. The number of alkyl halides is 1. The lowest BCUT2D eigenvalue weighted by Gasteiger charge is -2.18. The summed E-state index contributed by atoms with van der Waals surface area (Å²) in [4.78, 5) is 11.2. The summed E-state index contributed by atoms with van der Waals surface area (Å²) in [6.07, 6.45) is -0.104. The van der Waals surface area contributed by atoms with E-state index in [1.807, 2.05) is 18.2 Å². The molecule has 1 aliphatic rings. The molecule has 17 heavy (non-hydrogen) atoms. The second kappa shape index (κ2) is 5.38. The first kappa shape index (κ1) is 12.2. The lowest BCUT2D eigenvalue weighted by atomic mass is 10.00. The van der Waals surface area contributed by atoms with Crippen LogP contribution in [0.1, 0.15) is 11.1 Å². The Kier molecular flexibility index (Phi) is 3.86. The second-order valence-electron chi connectivity index (χ2n) is 4.13. The Morgan fingerprint density at radius 2 is 2.29 bits per heavy atom. The number of aliphatic hydroxyl groups excluding tert-OH is 1. The highest BCUT2D eigenvalue weighted by Crippen LogP contribution is 2.19. The van der Waals surface area contributed by atoms with Crippen LogP contribution in [-0.4, -0.2) is 29.5 Å². The summed E-state index contributed by atoms with van der Waals surface area (Å²) in [6, 6.07) is 5.86. The van der Waals surface area contributed by atoms with Crippen molar-refractivity contribution in [1.29, 1.82) is 0 Å². The fourth-order valence-electron chi connectivity index (χ4n) is 1.79. The normalized spacial score (nSPS) is 16.0. The molecule has 0 aromatic heterocycles. The zero-order valence-corrected chi connectivity index (χ0v) is 10.1. The third-order valence-electron chi connectivity index (χ3n) is 2.75. The van der Waals surface area contributed by atoms with Crippen molar-refractivity contribution in [3.63, 3.8) is 0 Å². The maximum absolute atomic E-state index is 11.2. The molecule has 1 amide bonds. The first-order valence-corrected chi connectivity index (χ1v) is 6.09. The molecule has 0 fully saturated rings. The van der Waals surface area contributed by atoms with Crippen molar-refractivity contribution in [3.8, 4) is 0 Å². The van der Waals surface area contributed by atoms with E-state index in [2.05, 4.69) is 10.6 Å². The standard InChI is InChI=1S/C12H15ClN2O2/c13-5-11(16)7-14-10-2-1-8-4-12(17)15-6-9(8)3-10/h1-3,11,14,16H,4-7H2,(H,15,17). The second-order valence-corrected chi connectivity index (χ2v) is 4.43. The van der Waals surface area contributed by atoms with Crippen LogP contribution >= 0.6 is 11.6 Å². The number of carbonyl (C=O) groups is 1. The Hall–Kier alpha value is -1.26. The summed E-state index contributed by atoms with van der Waals surface area (Å²) in [5.74, 6) is 0.282. The number of fused-ring (bicyclic) bond motifs is 1. The van der Waals surface area contributed by atoms with Gasteiger partial charge in [0.25, 0.3) is 0 Å². The number of hydrogen-bond donors (Lipinski definition) is 3. The summed E-state index contributed by atoms with van der Waals surface area (Å²) in [5, 5.41) is 15.3. The number of nitrogens with one attached hydrogen (secondary N) is 2. The molecule has 3 N–H and O–H groups in total. The molecule has 1 aromatic carbocycles. The number of carbonyl (C=O) groups excluding carboxylic acids is 1. The van der Waals surface area contributed by atoms with Gasteiger partial charge in [0, 0.05) is 18.8 Å². The number of anilines is 1. The molecule has 0 bridgehead atoms. The van der Waals surface area contributed by atoms with Gasteiger partial charge in [-0.25, -0.2) is 0 Å². The fraction of sp³-hybridized carbons (Fsp3) is 0.417. The molecule has 1 aliphatic heterocycles. The van der Waals surface area contributed by atoms with E-state index in [4.69, 9.17) is 11.6 Å². The lowest BCUT2D eigenvalue weighted by Crippen LogP contribution is -2.30. The zero-order chi connectivity index (χ0) is 12.3. The fourth-order valence-corrected chi connectivity index (χ4v) is 1.90. The minimum absolute atomic E-state index is 0.0655. The van der Waals surface area contributed by atoms with Crippen molar-refractivity contribution in [2.24, 2.45) is 0 Å². The Balaban J connectivity index is 2.04. The number of aliphatic hydroxyl groups is 1. The van der Waals surface area contributed by atoms with E-state index >= 15 is 0 Å². The van der Waals surface area contributed by atoms with Crippen molar-refractivity contribution in [3.05, 3.63) is 29.3 Å². The van der Waals surface area contributed by atoms with Gasteiger partial charge in [-0.2, -0.15) is 0 Å². The van der Waals surface area contributed by atoms with E-state index in [0.29, 0.717) is 19.5 Å². The number of halogens is 1. The van der Waals surface area contributed by atoms with Crippen molar-refractivity contribution in [1.82, 2.24) is 5.32 Å². The zero-order valence-electron chi connectivity index (χ0n) is 9.37. The smallest absolute Gasteiger partial charge is 0.224 e. The molecular weight excluding hydrogens is 240 g/mol. The molecule has 0 aliphatic carbocycles. The molecule has 92 valence electrons. The van der Waals surface area contributed by atoms with Gasteiger partial charge in [-0.3, -0.25) is 4.79 Å². The van der Waals surface area contributed by atoms with E-state index in [-0.39, 0.29) is 11.8 Å². The first-order chi connectivity index (χ1) is 8.19. The molecule has 0 radical (unpaired) electrons. The quantitative estimate of drug-likeness (QED) is 0.699. The summed E-state index contributed by atoms with van der Waals surface area (Å²) >= 11 is 5.51. The van der Waals surface area contributed by atoms with Crippen LogP contribution in [-0.2, 0) is 17.8 Å². The number of benzene rings is 1.